The third kappa shape index (κ3) is 0.800. The number of fused-ring (bicyclic) bond motifs is 3. The van der Waals surface area contributed by atoms with Crippen LogP contribution in [-0.4, -0.2) is 6.04 Å². The van der Waals surface area contributed by atoms with Crippen LogP contribution in [0.3, 0.4) is 0 Å². The topological polar surface area (TPSA) is 26.0 Å². The zero-order valence-electron chi connectivity index (χ0n) is 6.72. The van der Waals surface area contributed by atoms with Crippen molar-refractivity contribution in [2.75, 3.05) is 0 Å². The van der Waals surface area contributed by atoms with E-state index in [1.807, 2.05) is 0 Å². The molecule has 0 aromatic carbocycles. The maximum absolute atomic E-state index is 6.06. The zero-order valence-corrected chi connectivity index (χ0v) is 6.72. The Balaban J connectivity index is 2.13. The first kappa shape index (κ1) is 6.66. The smallest absolute Gasteiger partial charge is 0.00956 e. The van der Waals surface area contributed by atoms with Crippen LogP contribution in [-0.2, 0) is 0 Å². The lowest BCUT2D eigenvalue weighted by Crippen LogP contribution is -2.47. The van der Waals surface area contributed by atoms with Gasteiger partial charge in [-0.25, -0.2) is 0 Å². The molecule has 0 heterocycles. The van der Waals surface area contributed by atoms with Crippen molar-refractivity contribution in [1.29, 1.82) is 0 Å². The van der Waals surface area contributed by atoms with Crippen LogP contribution in [0.4, 0.5) is 0 Å². The number of hydrogen-bond acceptors (Lipinski definition) is 1. The van der Waals surface area contributed by atoms with Crippen molar-refractivity contribution in [2.24, 2.45) is 23.5 Å². The molecule has 58 valence electrons. The highest BCUT2D eigenvalue weighted by Gasteiger charge is 2.38. The first-order valence-corrected chi connectivity index (χ1v) is 4.54. The second kappa shape index (κ2) is 2.23. The quantitative estimate of drug-likeness (QED) is 0.544. The molecule has 3 fully saturated rings. The van der Waals surface area contributed by atoms with E-state index in [2.05, 4.69) is 6.92 Å². The maximum Gasteiger partial charge on any atom is 0.00956 e. The van der Waals surface area contributed by atoms with E-state index in [0.717, 1.165) is 17.8 Å². The van der Waals surface area contributed by atoms with Crippen molar-refractivity contribution in [2.45, 2.75) is 38.6 Å². The van der Waals surface area contributed by atoms with E-state index in [4.69, 9.17) is 5.73 Å². The Morgan fingerprint density at radius 3 is 1.80 bits per heavy atom. The van der Waals surface area contributed by atoms with Crippen LogP contribution < -0.4 is 5.73 Å². The summed E-state index contributed by atoms with van der Waals surface area (Å²) in [5.41, 5.74) is 6.06. The number of rotatable bonds is 0. The Hall–Kier alpha value is -0.0400. The van der Waals surface area contributed by atoms with Gasteiger partial charge >= 0.3 is 0 Å². The molecule has 0 amide bonds. The summed E-state index contributed by atoms with van der Waals surface area (Å²) in [7, 11) is 0. The highest BCUT2D eigenvalue weighted by molar-refractivity contribution is 4.92. The minimum absolute atomic E-state index is 0.535. The van der Waals surface area contributed by atoms with E-state index in [9.17, 15) is 0 Å². The van der Waals surface area contributed by atoms with Crippen LogP contribution in [0.25, 0.3) is 0 Å². The lowest BCUT2D eigenvalue weighted by atomic mass is 9.63. The lowest BCUT2D eigenvalue weighted by Gasteiger charge is -2.45. The SMILES string of the molecule is C[C@@H]1C2CCC(CC2)[C@H]1N. The average Bonchev–Trinajstić information content (AvgIpc) is 2.00. The van der Waals surface area contributed by atoms with Gasteiger partial charge in [0.1, 0.15) is 0 Å². The normalized spacial score (nSPS) is 53.4. The van der Waals surface area contributed by atoms with Crippen molar-refractivity contribution in [3.8, 4) is 0 Å². The molecule has 0 aromatic heterocycles. The van der Waals surface area contributed by atoms with E-state index in [1.165, 1.54) is 25.7 Å². The van der Waals surface area contributed by atoms with Crippen molar-refractivity contribution >= 4 is 0 Å². The summed E-state index contributed by atoms with van der Waals surface area (Å²) in [6.07, 6.45) is 5.74. The van der Waals surface area contributed by atoms with E-state index in [1.54, 1.807) is 0 Å². The molecule has 0 radical (unpaired) electrons. The fourth-order valence-electron chi connectivity index (χ4n) is 2.80. The molecule has 2 bridgehead atoms. The standard InChI is InChI=1S/C9H17N/c1-6-7-2-4-8(5-3-7)9(6)10/h6-9H,2-5,10H2,1H3/t6-,7?,8?,9+/m1/s1. The Labute approximate surface area is 63.0 Å². The molecule has 2 N–H and O–H groups in total. The third-order valence-electron chi connectivity index (χ3n) is 3.71. The summed E-state index contributed by atoms with van der Waals surface area (Å²) in [6, 6.07) is 0.535. The van der Waals surface area contributed by atoms with Crippen LogP contribution in [0.15, 0.2) is 0 Å². The average molecular weight is 139 g/mol. The van der Waals surface area contributed by atoms with E-state index >= 15 is 0 Å². The van der Waals surface area contributed by atoms with E-state index in [0.29, 0.717) is 6.04 Å². The summed E-state index contributed by atoms with van der Waals surface area (Å²) in [4.78, 5) is 0. The minimum atomic E-state index is 0.535. The zero-order chi connectivity index (χ0) is 7.14. The van der Waals surface area contributed by atoms with Crippen LogP contribution in [0.5, 0.6) is 0 Å². The molecule has 0 unspecified atom stereocenters. The lowest BCUT2D eigenvalue weighted by molar-refractivity contribution is 0.0828. The Morgan fingerprint density at radius 2 is 1.50 bits per heavy atom. The summed E-state index contributed by atoms with van der Waals surface area (Å²) < 4.78 is 0. The molecule has 10 heavy (non-hydrogen) atoms. The Bertz CT molecular complexity index is 105. The first-order chi connectivity index (χ1) is 4.79. The fourth-order valence-corrected chi connectivity index (χ4v) is 2.80. The molecule has 0 aliphatic heterocycles. The van der Waals surface area contributed by atoms with Crippen molar-refractivity contribution in [3.05, 3.63) is 0 Å². The molecular weight excluding hydrogens is 122 g/mol. The molecule has 0 spiro atoms. The van der Waals surface area contributed by atoms with Gasteiger partial charge in [0.25, 0.3) is 0 Å². The van der Waals surface area contributed by atoms with Crippen molar-refractivity contribution in [3.63, 3.8) is 0 Å². The van der Waals surface area contributed by atoms with Gasteiger partial charge in [0.15, 0.2) is 0 Å². The van der Waals surface area contributed by atoms with Crippen molar-refractivity contribution < 1.29 is 0 Å². The molecule has 3 aliphatic carbocycles. The Kier molecular flexibility index (Phi) is 1.48. The second-order valence-electron chi connectivity index (χ2n) is 4.11. The molecule has 1 nitrogen and oxygen atoms in total. The van der Waals surface area contributed by atoms with Gasteiger partial charge in [-0.1, -0.05) is 6.92 Å². The van der Waals surface area contributed by atoms with Crippen LogP contribution in [0, 0.1) is 17.8 Å². The molecule has 0 aromatic rings. The molecule has 3 saturated carbocycles. The van der Waals surface area contributed by atoms with E-state index < -0.39 is 0 Å². The van der Waals surface area contributed by atoms with Crippen molar-refractivity contribution in [1.82, 2.24) is 0 Å². The van der Waals surface area contributed by atoms with Gasteiger partial charge in [-0.05, 0) is 43.4 Å². The third-order valence-corrected chi connectivity index (χ3v) is 3.71. The van der Waals surface area contributed by atoms with Crippen LogP contribution >= 0.6 is 0 Å². The van der Waals surface area contributed by atoms with Gasteiger partial charge in [-0.15, -0.1) is 0 Å². The van der Waals surface area contributed by atoms with Gasteiger partial charge < -0.3 is 5.73 Å². The van der Waals surface area contributed by atoms with Crippen LogP contribution in [0.2, 0.25) is 0 Å². The molecule has 3 rings (SSSR count). The van der Waals surface area contributed by atoms with E-state index in [-0.39, 0.29) is 0 Å². The highest BCUT2D eigenvalue weighted by Crippen LogP contribution is 2.43. The molecular formula is C9H17N. The predicted molar refractivity (Wildman–Crippen MR) is 42.6 cm³/mol. The first-order valence-electron chi connectivity index (χ1n) is 4.54. The molecule has 2 atom stereocenters. The number of hydrogen-bond donors (Lipinski definition) is 1. The fraction of sp³-hybridized carbons (Fsp3) is 1.00. The second-order valence-corrected chi connectivity index (χ2v) is 4.11. The van der Waals surface area contributed by atoms with Crippen LogP contribution in [0.1, 0.15) is 32.6 Å². The number of nitrogens with two attached hydrogens (primary N) is 1. The van der Waals surface area contributed by atoms with Gasteiger partial charge in [0.05, 0.1) is 0 Å². The largest absolute Gasteiger partial charge is 0.327 e. The van der Waals surface area contributed by atoms with Gasteiger partial charge in [0.2, 0.25) is 0 Å². The minimum Gasteiger partial charge on any atom is -0.327 e. The predicted octanol–water partition coefficient (Wildman–Crippen LogP) is 1.77. The summed E-state index contributed by atoms with van der Waals surface area (Å²) >= 11 is 0. The van der Waals surface area contributed by atoms with Gasteiger partial charge in [0, 0.05) is 6.04 Å². The molecule has 1 heteroatoms. The molecule has 0 saturated heterocycles. The maximum atomic E-state index is 6.06. The Morgan fingerprint density at radius 1 is 1.00 bits per heavy atom. The summed E-state index contributed by atoms with van der Waals surface area (Å²) in [5, 5.41) is 0. The molecule has 3 aliphatic rings. The van der Waals surface area contributed by atoms with Gasteiger partial charge in [-0.2, -0.15) is 0 Å². The summed E-state index contributed by atoms with van der Waals surface area (Å²) in [6.45, 7) is 2.33. The summed E-state index contributed by atoms with van der Waals surface area (Å²) in [5.74, 6) is 2.66. The monoisotopic (exact) mass is 139 g/mol. The van der Waals surface area contributed by atoms with Gasteiger partial charge in [-0.3, -0.25) is 0 Å². The highest BCUT2D eigenvalue weighted by atomic mass is 14.7.